The molecule has 2 nitrogen and oxygen atoms in total. The second-order valence-electron chi connectivity index (χ2n) is 4.44. The standard InChI is InChI=1S/C15H19FN2S/c1-3-8-18(4-2)10-11-14(9-17)19-13-7-5-6-12(16)15(11)13/h3,5-7H,1,4,8-10,17H2,2H3. The van der Waals surface area contributed by atoms with E-state index in [1.165, 1.54) is 6.07 Å². The van der Waals surface area contributed by atoms with Gasteiger partial charge >= 0.3 is 0 Å². The van der Waals surface area contributed by atoms with E-state index in [1.807, 2.05) is 12.1 Å². The Balaban J connectivity index is 2.47. The minimum atomic E-state index is -0.155. The number of benzene rings is 1. The maximum absolute atomic E-state index is 14.1. The molecule has 102 valence electrons. The Labute approximate surface area is 117 Å². The minimum Gasteiger partial charge on any atom is -0.326 e. The molecule has 0 fully saturated rings. The van der Waals surface area contributed by atoms with Crippen molar-refractivity contribution in [1.29, 1.82) is 0 Å². The molecule has 1 aromatic heterocycles. The molecule has 0 spiro atoms. The zero-order valence-corrected chi connectivity index (χ0v) is 12.0. The fourth-order valence-corrected chi connectivity index (χ4v) is 3.37. The smallest absolute Gasteiger partial charge is 0.132 e. The van der Waals surface area contributed by atoms with Gasteiger partial charge in [0, 0.05) is 34.6 Å². The summed E-state index contributed by atoms with van der Waals surface area (Å²) in [5.74, 6) is -0.155. The highest BCUT2D eigenvalue weighted by atomic mass is 32.1. The maximum Gasteiger partial charge on any atom is 0.132 e. The van der Waals surface area contributed by atoms with E-state index in [9.17, 15) is 4.39 Å². The molecule has 1 heterocycles. The van der Waals surface area contributed by atoms with Gasteiger partial charge in [0.1, 0.15) is 5.82 Å². The molecule has 0 aliphatic carbocycles. The van der Waals surface area contributed by atoms with Crippen LogP contribution in [0.3, 0.4) is 0 Å². The van der Waals surface area contributed by atoms with Crippen LogP contribution in [0.5, 0.6) is 0 Å². The summed E-state index contributed by atoms with van der Waals surface area (Å²) in [5.41, 5.74) is 6.84. The van der Waals surface area contributed by atoms with Crippen molar-refractivity contribution >= 4 is 21.4 Å². The molecule has 19 heavy (non-hydrogen) atoms. The number of nitrogens with zero attached hydrogens (tertiary/aromatic N) is 1. The Morgan fingerprint density at radius 1 is 1.47 bits per heavy atom. The summed E-state index contributed by atoms with van der Waals surface area (Å²) >= 11 is 1.59. The van der Waals surface area contributed by atoms with Crippen molar-refractivity contribution in [2.75, 3.05) is 13.1 Å². The molecule has 0 radical (unpaired) electrons. The van der Waals surface area contributed by atoms with Gasteiger partial charge in [0.15, 0.2) is 0 Å². The van der Waals surface area contributed by atoms with Gasteiger partial charge in [-0.05, 0) is 24.2 Å². The lowest BCUT2D eigenvalue weighted by Gasteiger charge is -2.19. The molecule has 0 aliphatic rings. The van der Waals surface area contributed by atoms with Crippen molar-refractivity contribution in [3.63, 3.8) is 0 Å². The highest BCUT2D eigenvalue weighted by molar-refractivity contribution is 7.19. The monoisotopic (exact) mass is 278 g/mol. The molecule has 1 aromatic carbocycles. The average molecular weight is 278 g/mol. The maximum atomic E-state index is 14.1. The summed E-state index contributed by atoms with van der Waals surface area (Å²) in [7, 11) is 0. The van der Waals surface area contributed by atoms with Crippen LogP contribution in [0.4, 0.5) is 4.39 Å². The molecule has 2 rings (SSSR count). The van der Waals surface area contributed by atoms with Crippen LogP contribution in [0.1, 0.15) is 17.4 Å². The van der Waals surface area contributed by atoms with Crippen LogP contribution in [0, 0.1) is 5.82 Å². The van der Waals surface area contributed by atoms with Gasteiger partial charge < -0.3 is 5.73 Å². The molecule has 0 aliphatic heterocycles. The van der Waals surface area contributed by atoms with Crippen molar-refractivity contribution in [3.8, 4) is 0 Å². The van der Waals surface area contributed by atoms with Gasteiger partial charge in [-0.1, -0.05) is 19.1 Å². The van der Waals surface area contributed by atoms with Crippen molar-refractivity contribution in [2.45, 2.75) is 20.0 Å². The molecule has 2 N–H and O–H groups in total. The molecule has 2 aromatic rings. The van der Waals surface area contributed by atoms with Gasteiger partial charge in [-0.3, -0.25) is 4.90 Å². The molecular formula is C15H19FN2S. The topological polar surface area (TPSA) is 29.3 Å². The highest BCUT2D eigenvalue weighted by Gasteiger charge is 2.16. The van der Waals surface area contributed by atoms with Gasteiger partial charge in [0.25, 0.3) is 0 Å². The van der Waals surface area contributed by atoms with E-state index in [0.717, 1.165) is 40.2 Å². The van der Waals surface area contributed by atoms with Crippen molar-refractivity contribution < 1.29 is 4.39 Å². The third-order valence-corrected chi connectivity index (χ3v) is 4.47. The molecule has 0 atom stereocenters. The summed E-state index contributed by atoms with van der Waals surface area (Å²) in [6, 6.07) is 5.22. The molecule has 0 amide bonds. The Morgan fingerprint density at radius 3 is 2.89 bits per heavy atom. The average Bonchev–Trinajstić information content (AvgIpc) is 2.77. The first-order valence-corrected chi connectivity index (χ1v) is 7.25. The number of thiophene rings is 1. The molecule has 4 heteroatoms. The highest BCUT2D eigenvalue weighted by Crippen LogP contribution is 2.33. The van der Waals surface area contributed by atoms with E-state index in [1.54, 1.807) is 17.4 Å². The summed E-state index contributed by atoms with van der Waals surface area (Å²) in [5, 5.41) is 0.732. The third kappa shape index (κ3) is 2.86. The van der Waals surface area contributed by atoms with E-state index in [-0.39, 0.29) is 5.82 Å². The number of nitrogens with two attached hydrogens (primary N) is 1. The van der Waals surface area contributed by atoms with E-state index in [4.69, 9.17) is 5.73 Å². The Morgan fingerprint density at radius 2 is 2.26 bits per heavy atom. The Bertz CT molecular complexity index is 577. The van der Waals surface area contributed by atoms with Gasteiger partial charge in [-0.25, -0.2) is 4.39 Å². The molecular weight excluding hydrogens is 259 g/mol. The number of halogens is 1. The summed E-state index contributed by atoms with van der Waals surface area (Å²) in [6.45, 7) is 8.73. The molecule has 0 saturated heterocycles. The van der Waals surface area contributed by atoms with Crippen molar-refractivity contribution in [3.05, 3.63) is 47.1 Å². The first-order valence-electron chi connectivity index (χ1n) is 6.43. The number of rotatable bonds is 6. The normalized spacial score (nSPS) is 11.4. The lowest BCUT2D eigenvalue weighted by molar-refractivity contribution is 0.312. The van der Waals surface area contributed by atoms with Gasteiger partial charge in [-0.15, -0.1) is 17.9 Å². The van der Waals surface area contributed by atoms with Crippen LogP contribution >= 0.6 is 11.3 Å². The van der Waals surface area contributed by atoms with Crippen LogP contribution in [0.25, 0.3) is 10.1 Å². The van der Waals surface area contributed by atoms with E-state index in [2.05, 4.69) is 18.4 Å². The van der Waals surface area contributed by atoms with E-state index < -0.39 is 0 Å². The molecule has 0 unspecified atom stereocenters. The van der Waals surface area contributed by atoms with Crippen LogP contribution in [0.2, 0.25) is 0 Å². The minimum absolute atomic E-state index is 0.155. The first-order chi connectivity index (χ1) is 9.21. The Hall–Kier alpha value is -1.23. The van der Waals surface area contributed by atoms with Gasteiger partial charge in [0.2, 0.25) is 0 Å². The number of fused-ring (bicyclic) bond motifs is 1. The zero-order chi connectivity index (χ0) is 13.8. The summed E-state index contributed by atoms with van der Waals surface area (Å²) < 4.78 is 15.0. The second-order valence-corrected chi connectivity index (χ2v) is 5.57. The first kappa shape index (κ1) is 14.2. The lowest BCUT2D eigenvalue weighted by atomic mass is 10.1. The van der Waals surface area contributed by atoms with Crippen LogP contribution in [-0.2, 0) is 13.1 Å². The number of hydrogen-bond acceptors (Lipinski definition) is 3. The van der Waals surface area contributed by atoms with Crippen molar-refractivity contribution in [1.82, 2.24) is 4.90 Å². The fraction of sp³-hybridized carbons (Fsp3) is 0.333. The van der Waals surface area contributed by atoms with Crippen molar-refractivity contribution in [2.24, 2.45) is 5.73 Å². The van der Waals surface area contributed by atoms with E-state index >= 15 is 0 Å². The predicted octanol–water partition coefficient (Wildman–Crippen LogP) is 3.51. The molecule has 0 bridgehead atoms. The second kappa shape index (κ2) is 6.28. The Kier molecular flexibility index (Phi) is 4.69. The number of hydrogen-bond donors (Lipinski definition) is 1. The van der Waals surface area contributed by atoms with Gasteiger partial charge in [0.05, 0.1) is 0 Å². The lowest BCUT2D eigenvalue weighted by Crippen LogP contribution is -2.23. The summed E-state index contributed by atoms with van der Waals surface area (Å²) in [6.07, 6.45) is 1.87. The molecule has 0 saturated carbocycles. The summed E-state index contributed by atoms with van der Waals surface area (Å²) in [4.78, 5) is 3.29. The van der Waals surface area contributed by atoms with Crippen LogP contribution in [-0.4, -0.2) is 18.0 Å². The van der Waals surface area contributed by atoms with E-state index in [0.29, 0.717) is 6.54 Å². The third-order valence-electron chi connectivity index (χ3n) is 3.25. The SMILES string of the molecule is C=CCN(CC)Cc1c(CN)sc2cccc(F)c12. The zero-order valence-electron chi connectivity index (χ0n) is 11.2. The largest absolute Gasteiger partial charge is 0.326 e. The number of likely N-dealkylation sites (N-methyl/N-ethyl adjacent to an activating group) is 1. The van der Waals surface area contributed by atoms with Crippen LogP contribution in [0.15, 0.2) is 30.9 Å². The quantitative estimate of drug-likeness (QED) is 0.819. The fourth-order valence-electron chi connectivity index (χ4n) is 2.26. The predicted molar refractivity (Wildman–Crippen MR) is 80.8 cm³/mol. The van der Waals surface area contributed by atoms with Crippen LogP contribution < -0.4 is 5.73 Å². The van der Waals surface area contributed by atoms with Gasteiger partial charge in [-0.2, -0.15) is 0 Å².